The lowest BCUT2D eigenvalue weighted by Crippen LogP contribution is -2.23. The fourth-order valence-electron chi connectivity index (χ4n) is 2.28. The third-order valence-corrected chi connectivity index (χ3v) is 3.64. The first kappa shape index (κ1) is 15.7. The molecule has 21 heavy (non-hydrogen) atoms. The Morgan fingerprint density at radius 1 is 0.905 bits per heavy atom. The zero-order valence-corrected chi connectivity index (χ0v) is 12.9. The van der Waals surface area contributed by atoms with Crippen LogP contribution in [0.25, 0.3) is 11.1 Å². The fraction of sp³-hybridized carbons (Fsp3) is 0.368. The van der Waals surface area contributed by atoms with E-state index in [1.165, 1.54) is 11.1 Å². The van der Waals surface area contributed by atoms with Crippen molar-refractivity contribution in [2.45, 2.75) is 26.4 Å². The molecule has 1 unspecified atom stereocenters. The Labute approximate surface area is 127 Å². The lowest BCUT2D eigenvalue weighted by Gasteiger charge is -2.13. The zero-order chi connectivity index (χ0) is 15.1. The molecule has 0 fully saturated rings. The molecule has 0 aromatic heterocycles. The van der Waals surface area contributed by atoms with E-state index in [4.69, 9.17) is 0 Å². The van der Waals surface area contributed by atoms with Gasteiger partial charge >= 0.3 is 0 Å². The quantitative estimate of drug-likeness (QED) is 0.752. The monoisotopic (exact) mass is 283 g/mol. The van der Waals surface area contributed by atoms with Crippen LogP contribution in [-0.2, 0) is 0 Å². The fourth-order valence-corrected chi connectivity index (χ4v) is 2.28. The highest BCUT2D eigenvalue weighted by atomic mass is 16.3. The molecule has 2 aromatic carbocycles. The van der Waals surface area contributed by atoms with Gasteiger partial charge in [-0.2, -0.15) is 0 Å². The maximum Gasteiger partial charge on any atom is 0.0914 e. The van der Waals surface area contributed by atoms with Gasteiger partial charge in [0.2, 0.25) is 0 Å². The minimum Gasteiger partial charge on any atom is -0.387 e. The van der Waals surface area contributed by atoms with Gasteiger partial charge in [-0.3, -0.25) is 0 Å². The van der Waals surface area contributed by atoms with Crippen molar-refractivity contribution in [2.24, 2.45) is 5.92 Å². The van der Waals surface area contributed by atoms with E-state index in [9.17, 15) is 5.11 Å². The third-order valence-electron chi connectivity index (χ3n) is 3.64. The van der Waals surface area contributed by atoms with Crippen LogP contribution in [0.4, 0.5) is 0 Å². The molecule has 2 rings (SSSR count). The first-order valence-electron chi connectivity index (χ1n) is 7.71. The van der Waals surface area contributed by atoms with Crippen molar-refractivity contribution < 1.29 is 5.11 Å². The maximum atomic E-state index is 10.2. The predicted octanol–water partition coefficient (Wildman–Crippen LogP) is 4.02. The standard InChI is InChI=1S/C19H25NO/c1-15(2)12-13-20-14-19(21)18-10-8-17(9-11-18)16-6-4-3-5-7-16/h3-11,15,19-21H,12-14H2,1-2H3. The van der Waals surface area contributed by atoms with Crippen LogP contribution in [0.15, 0.2) is 54.6 Å². The number of rotatable bonds is 7. The topological polar surface area (TPSA) is 32.3 Å². The van der Waals surface area contributed by atoms with E-state index in [-0.39, 0.29) is 0 Å². The second-order valence-electron chi connectivity index (χ2n) is 5.89. The smallest absolute Gasteiger partial charge is 0.0914 e. The van der Waals surface area contributed by atoms with Crippen molar-refractivity contribution in [3.63, 3.8) is 0 Å². The van der Waals surface area contributed by atoms with E-state index in [1.807, 2.05) is 30.3 Å². The second-order valence-corrected chi connectivity index (χ2v) is 5.89. The molecule has 0 bridgehead atoms. The summed E-state index contributed by atoms with van der Waals surface area (Å²) in [6, 6.07) is 18.5. The zero-order valence-electron chi connectivity index (χ0n) is 12.9. The Morgan fingerprint density at radius 3 is 2.14 bits per heavy atom. The average Bonchev–Trinajstić information content (AvgIpc) is 2.52. The Hall–Kier alpha value is -1.64. The number of hydrogen-bond acceptors (Lipinski definition) is 2. The van der Waals surface area contributed by atoms with Gasteiger partial charge in [0, 0.05) is 6.54 Å². The van der Waals surface area contributed by atoms with Crippen LogP contribution in [0.5, 0.6) is 0 Å². The second kappa shape index (κ2) is 7.96. The molecule has 0 saturated heterocycles. The minimum absolute atomic E-state index is 0.443. The highest BCUT2D eigenvalue weighted by molar-refractivity contribution is 5.63. The molecule has 0 aliphatic rings. The van der Waals surface area contributed by atoms with E-state index >= 15 is 0 Å². The van der Waals surface area contributed by atoms with Gasteiger partial charge in [0.1, 0.15) is 0 Å². The van der Waals surface area contributed by atoms with Crippen molar-refractivity contribution in [3.05, 3.63) is 60.2 Å². The summed E-state index contributed by atoms with van der Waals surface area (Å²) in [5, 5.41) is 13.5. The highest BCUT2D eigenvalue weighted by Gasteiger charge is 2.07. The largest absolute Gasteiger partial charge is 0.387 e. The summed E-state index contributed by atoms with van der Waals surface area (Å²) in [7, 11) is 0. The van der Waals surface area contributed by atoms with Gasteiger partial charge in [-0.05, 0) is 35.6 Å². The van der Waals surface area contributed by atoms with Gasteiger partial charge in [0.15, 0.2) is 0 Å². The summed E-state index contributed by atoms with van der Waals surface area (Å²) in [6.07, 6.45) is 0.696. The molecule has 1 atom stereocenters. The lowest BCUT2D eigenvalue weighted by atomic mass is 10.0. The Balaban J connectivity index is 1.89. The van der Waals surface area contributed by atoms with Crippen molar-refractivity contribution >= 4 is 0 Å². The number of aliphatic hydroxyl groups is 1. The van der Waals surface area contributed by atoms with E-state index in [2.05, 4.69) is 43.4 Å². The minimum atomic E-state index is -0.443. The molecular formula is C19H25NO. The Morgan fingerprint density at radius 2 is 1.52 bits per heavy atom. The van der Waals surface area contributed by atoms with Gasteiger partial charge in [0.25, 0.3) is 0 Å². The van der Waals surface area contributed by atoms with E-state index in [1.54, 1.807) is 0 Å². The predicted molar refractivity (Wildman–Crippen MR) is 89.2 cm³/mol. The lowest BCUT2D eigenvalue weighted by molar-refractivity contribution is 0.174. The number of hydrogen-bond donors (Lipinski definition) is 2. The van der Waals surface area contributed by atoms with Crippen molar-refractivity contribution in [3.8, 4) is 11.1 Å². The van der Waals surface area contributed by atoms with Crippen LogP contribution in [0.3, 0.4) is 0 Å². The first-order valence-corrected chi connectivity index (χ1v) is 7.71. The molecule has 0 aliphatic heterocycles. The number of aliphatic hydroxyl groups excluding tert-OH is 1. The van der Waals surface area contributed by atoms with Gasteiger partial charge in [-0.25, -0.2) is 0 Å². The molecule has 0 spiro atoms. The van der Waals surface area contributed by atoms with Gasteiger partial charge in [-0.15, -0.1) is 0 Å². The molecule has 0 amide bonds. The first-order chi connectivity index (χ1) is 10.2. The Bertz CT molecular complexity index is 519. The average molecular weight is 283 g/mol. The number of benzene rings is 2. The van der Waals surface area contributed by atoms with E-state index in [0.717, 1.165) is 18.5 Å². The molecule has 0 saturated carbocycles. The van der Waals surface area contributed by atoms with Gasteiger partial charge < -0.3 is 10.4 Å². The third kappa shape index (κ3) is 5.00. The molecule has 2 heteroatoms. The SMILES string of the molecule is CC(C)CCNCC(O)c1ccc(-c2ccccc2)cc1. The highest BCUT2D eigenvalue weighted by Crippen LogP contribution is 2.21. The van der Waals surface area contributed by atoms with Crippen molar-refractivity contribution in [1.82, 2.24) is 5.32 Å². The van der Waals surface area contributed by atoms with Crippen LogP contribution in [0.1, 0.15) is 31.9 Å². The van der Waals surface area contributed by atoms with Crippen molar-refractivity contribution in [1.29, 1.82) is 0 Å². The Kier molecular flexibility index (Phi) is 5.97. The molecule has 0 radical (unpaired) electrons. The summed E-state index contributed by atoms with van der Waals surface area (Å²) in [5.74, 6) is 0.694. The van der Waals surface area contributed by atoms with Crippen LogP contribution < -0.4 is 5.32 Å². The summed E-state index contributed by atoms with van der Waals surface area (Å²) < 4.78 is 0. The molecule has 2 aromatic rings. The molecule has 2 nitrogen and oxygen atoms in total. The van der Waals surface area contributed by atoms with Crippen molar-refractivity contribution in [2.75, 3.05) is 13.1 Å². The van der Waals surface area contributed by atoms with E-state index < -0.39 is 6.10 Å². The summed E-state index contributed by atoms with van der Waals surface area (Å²) >= 11 is 0. The molecular weight excluding hydrogens is 258 g/mol. The summed E-state index contributed by atoms with van der Waals surface area (Å²) in [6.45, 7) is 5.98. The van der Waals surface area contributed by atoms with Gasteiger partial charge in [0.05, 0.1) is 6.10 Å². The molecule has 2 N–H and O–H groups in total. The van der Waals surface area contributed by atoms with E-state index in [0.29, 0.717) is 12.5 Å². The van der Waals surface area contributed by atoms with Crippen LogP contribution in [0, 0.1) is 5.92 Å². The molecule has 0 heterocycles. The normalized spacial score (nSPS) is 12.6. The number of nitrogens with one attached hydrogen (secondary N) is 1. The molecule has 112 valence electrons. The summed E-state index contributed by atoms with van der Waals surface area (Å²) in [4.78, 5) is 0. The molecule has 0 aliphatic carbocycles. The summed E-state index contributed by atoms with van der Waals surface area (Å²) in [5.41, 5.74) is 3.35. The van der Waals surface area contributed by atoms with Crippen LogP contribution in [0.2, 0.25) is 0 Å². The van der Waals surface area contributed by atoms with Gasteiger partial charge in [-0.1, -0.05) is 68.4 Å². The van der Waals surface area contributed by atoms with Crippen LogP contribution >= 0.6 is 0 Å². The maximum absolute atomic E-state index is 10.2. The van der Waals surface area contributed by atoms with Crippen LogP contribution in [-0.4, -0.2) is 18.2 Å².